The predicted molar refractivity (Wildman–Crippen MR) is 139 cm³/mol. The summed E-state index contributed by atoms with van der Waals surface area (Å²) in [5, 5.41) is 3.65. The molecule has 188 valence electrons. The van der Waals surface area contributed by atoms with E-state index >= 15 is 0 Å². The van der Waals surface area contributed by atoms with Crippen LogP contribution in [0.25, 0.3) is 11.0 Å². The van der Waals surface area contributed by atoms with Crippen LogP contribution in [0.3, 0.4) is 0 Å². The van der Waals surface area contributed by atoms with E-state index in [2.05, 4.69) is 5.32 Å². The molecule has 0 aliphatic carbocycles. The van der Waals surface area contributed by atoms with E-state index in [9.17, 15) is 4.79 Å². The predicted octanol–water partition coefficient (Wildman–Crippen LogP) is 5.03. The molecule has 0 spiro atoms. The Morgan fingerprint density at radius 2 is 1.72 bits per heavy atom. The van der Waals surface area contributed by atoms with Gasteiger partial charge in [0.2, 0.25) is 5.75 Å². The molecule has 0 aliphatic rings. The van der Waals surface area contributed by atoms with Gasteiger partial charge in [-0.3, -0.25) is 4.79 Å². The molecule has 0 bridgehead atoms. The maximum Gasteiger partial charge on any atom is 0.251 e. The van der Waals surface area contributed by atoms with Gasteiger partial charge in [0.25, 0.3) is 5.91 Å². The molecule has 0 fully saturated rings. The number of amides is 1. The summed E-state index contributed by atoms with van der Waals surface area (Å²) < 4.78 is 24.1. The van der Waals surface area contributed by atoms with Crippen molar-refractivity contribution in [3.8, 4) is 23.0 Å². The third kappa shape index (κ3) is 5.33. The van der Waals surface area contributed by atoms with Crippen molar-refractivity contribution in [1.82, 2.24) is 14.9 Å². The summed E-state index contributed by atoms with van der Waals surface area (Å²) in [7, 11) is 4.53. The van der Waals surface area contributed by atoms with Gasteiger partial charge in [0.15, 0.2) is 11.5 Å². The Hall–Kier alpha value is -3.91. The van der Waals surface area contributed by atoms with E-state index in [0.717, 1.165) is 22.3 Å². The number of nitrogens with one attached hydrogen (secondary N) is 1. The van der Waals surface area contributed by atoms with E-state index in [1.807, 2.05) is 54.0 Å². The minimum absolute atomic E-state index is 0.226. The Morgan fingerprint density at radius 1 is 1.00 bits per heavy atom. The van der Waals surface area contributed by atoms with Gasteiger partial charge < -0.3 is 28.8 Å². The number of halogens is 1. The molecule has 9 heteroatoms. The topological polar surface area (TPSA) is 83.8 Å². The maximum atomic E-state index is 13.0. The van der Waals surface area contributed by atoms with E-state index < -0.39 is 0 Å². The number of para-hydroxylation sites is 2. The van der Waals surface area contributed by atoms with Crippen LogP contribution in [0.1, 0.15) is 21.7 Å². The van der Waals surface area contributed by atoms with Crippen LogP contribution >= 0.6 is 11.6 Å². The highest BCUT2D eigenvalue weighted by Gasteiger charge is 2.18. The van der Waals surface area contributed by atoms with E-state index in [-0.39, 0.29) is 12.5 Å². The van der Waals surface area contributed by atoms with Gasteiger partial charge in [-0.2, -0.15) is 0 Å². The van der Waals surface area contributed by atoms with Crippen LogP contribution in [0, 0.1) is 6.92 Å². The first-order valence-electron chi connectivity index (χ1n) is 11.4. The Kier molecular flexibility index (Phi) is 7.85. The number of methoxy groups -OCH3 is 3. The van der Waals surface area contributed by atoms with Crippen LogP contribution in [0.4, 0.5) is 0 Å². The molecular weight excluding hydrogens is 482 g/mol. The van der Waals surface area contributed by atoms with Gasteiger partial charge in [-0.05, 0) is 55.0 Å². The van der Waals surface area contributed by atoms with Crippen molar-refractivity contribution in [2.75, 3.05) is 27.9 Å². The minimum atomic E-state index is -0.291. The number of benzene rings is 3. The Morgan fingerprint density at radius 3 is 2.39 bits per heavy atom. The summed E-state index contributed by atoms with van der Waals surface area (Å²) in [6, 6.07) is 16.6. The quantitative estimate of drug-likeness (QED) is 0.323. The molecular formula is C27H28ClN3O5. The lowest BCUT2D eigenvalue weighted by Gasteiger charge is -2.14. The first-order chi connectivity index (χ1) is 17.4. The molecule has 0 aliphatic heterocycles. The second kappa shape index (κ2) is 11.2. The number of imidazole rings is 1. The highest BCUT2D eigenvalue weighted by atomic mass is 35.5. The molecule has 4 aromatic rings. The number of rotatable bonds is 10. The van der Waals surface area contributed by atoms with E-state index in [0.29, 0.717) is 46.8 Å². The number of aryl methyl sites for hydroxylation is 1. The number of carbonyl (C=O) groups is 1. The summed E-state index contributed by atoms with van der Waals surface area (Å²) in [5.41, 5.74) is 3.15. The molecule has 8 nitrogen and oxygen atoms in total. The fraction of sp³-hybridized carbons (Fsp3) is 0.259. The number of aromatic nitrogens is 2. The van der Waals surface area contributed by atoms with Crippen molar-refractivity contribution in [1.29, 1.82) is 0 Å². The zero-order chi connectivity index (χ0) is 25.7. The lowest BCUT2D eigenvalue weighted by molar-refractivity contribution is 0.0948. The zero-order valence-corrected chi connectivity index (χ0v) is 21.4. The third-order valence-electron chi connectivity index (χ3n) is 5.78. The Balaban J connectivity index is 1.51. The highest BCUT2D eigenvalue weighted by Crippen LogP contribution is 2.38. The van der Waals surface area contributed by atoms with Crippen LogP contribution in [-0.4, -0.2) is 43.4 Å². The number of ether oxygens (including phenoxy) is 4. The SMILES string of the molecule is COc1cc(C(=O)NCc2nc3ccccc3n2CCOc2ccc(Cl)c(C)c2)cc(OC)c1OC. The van der Waals surface area contributed by atoms with Gasteiger partial charge in [-0.1, -0.05) is 23.7 Å². The average Bonchev–Trinajstić information content (AvgIpc) is 3.25. The van der Waals surface area contributed by atoms with Crippen LogP contribution in [0.15, 0.2) is 54.6 Å². The minimum Gasteiger partial charge on any atom is -0.493 e. The molecule has 3 aromatic carbocycles. The molecule has 1 amide bonds. The first-order valence-corrected chi connectivity index (χ1v) is 11.7. The molecule has 1 heterocycles. The molecule has 36 heavy (non-hydrogen) atoms. The normalized spacial score (nSPS) is 10.8. The zero-order valence-electron chi connectivity index (χ0n) is 20.6. The van der Waals surface area contributed by atoms with Crippen molar-refractivity contribution in [3.05, 3.63) is 76.6 Å². The second-order valence-electron chi connectivity index (χ2n) is 8.02. The third-order valence-corrected chi connectivity index (χ3v) is 6.20. The molecule has 0 unspecified atom stereocenters. The van der Waals surface area contributed by atoms with Crippen LogP contribution < -0.4 is 24.3 Å². The second-order valence-corrected chi connectivity index (χ2v) is 8.43. The Bertz CT molecular complexity index is 1360. The van der Waals surface area contributed by atoms with Crippen molar-refractivity contribution in [2.24, 2.45) is 0 Å². The molecule has 4 rings (SSSR count). The first kappa shape index (κ1) is 25.2. The van der Waals surface area contributed by atoms with Crippen LogP contribution in [-0.2, 0) is 13.1 Å². The summed E-state index contributed by atoms with van der Waals surface area (Å²) >= 11 is 6.11. The van der Waals surface area contributed by atoms with Gasteiger partial charge in [-0.25, -0.2) is 4.98 Å². The van der Waals surface area contributed by atoms with Crippen molar-refractivity contribution in [3.63, 3.8) is 0 Å². The fourth-order valence-electron chi connectivity index (χ4n) is 3.95. The van der Waals surface area contributed by atoms with Crippen LogP contribution in [0.5, 0.6) is 23.0 Å². The highest BCUT2D eigenvalue weighted by molar-refractivity contribution is 6.31. The van der Waals surface area contributed by atoms with E-state index in [1.165, 1.54) is 21.3 Å². The standard InChI is InChI=1S/C27H28ClN3O5/c1-17-13-19(9-10-20(17)28)36-12-11-31-22-8-6-5-7-21(22)30-25(31)16-29-27(32)18-14-23(33-2)26(35-4)24(15-18)34-3/h5-10,13-15H,11-12,16H2,1-4H3,(H,29,32). The molecule has 0 radical (unpaired) electrons. The largest absolute Gasteiger partial charge is 0.493 e. The van der Waals surface area contributed by atoms with Gasteiger partial charge in [-0.15, -0.1) is 0 Å². The smallest absolute Gasteiger partial charge is 0.251 e. The number of hydrogen-bond donors (Lipinski definition) is 1. The van der Waals surface area contributed by atoms with Crippen molar-refractivity contribution in [2.45, 2.75) is 20.0 Å². The number of hydrogen-bond acceptors (Lipinski definition) is 6. The molecule has 1 aromatic heterocycles. The maximum absolute atomic E-state index is 13.0. The Labute approximate surface area is 214 Å². The number of carbonyl (C=O) groups excluding carboxylic acids is 1. The van der Waals surface area contributed by atoms with Crippen molar-refractivity contribution < 1.29 is 23.7 Å². The van der Waals surface area contributed by atoms with E-state index in [4.69, 9.17) is 35.5 Å². The number of nitrogens with zero attached hydrogens (tertiary/aromatic N) is 2. The summed E-state index contributed by atoms with van der Waals surface area (Å²) in [6.07, 6.45) is 0. The molecule has 1 N–H and O–H groups in total. The van der Waals surface area contributed by atoms with Crippen molar-refractivity contribution >= 4 is 28.5 Å². The monoisotopic (exact) mass is 509 g/mol. The average molecular weight is 510 g/mol. The molecule has 0 saturated carbocycles. The summed E-state index contributed by atoms with van der Waals surface area (Å²) in [4.78, 5) is 17.7. The molecule has 0 saturated heterocycles. The van der Waals surface area contributed by atoms with E-state index in [1.54, 1.807) is 12.1 Å². The lowest BCUT2D eigenvalue weighted by Crippen LogP contribution is -2.25. The fourth-order valence-corrected chi connectivity index (χ4v) is 4.06. The summed E-state index contributed by atoms with van der Waals surface area (Å²) in [6.45, 7) is 3.14. The van der Waals surface area contributed by atoms with Gasteiger partial charge >= 0.3 is 0 Å². The molecule has 0 atom stereocenters. The van der Waals surface area contributed by atoms with Crippen LogP contribution in [0.2, 0.25) is 5.02 Å². The summed E-state index contributed by atoms with van der Waals surface area (Å²) in [5.74, 6) is 2.41. The number of fused-ring (bicyclic) bond motifs is 1. The lowest BCUT2D eigenvalue weighted by atomic mass is 10.1. The van der Waals surface area contributed by atoms with Gasteiger partial charge in [0.1, 0.15) is 18.2 Å². The van der Waals surface area contributed by atoms with Gasteiger partial charge in [0.05, 0.1) is 45.5 Å². The van der Waals surface area contributed by atoms with Gasteiger partial charge in [0, 0.05) is 10.6 Å².